The smallest absolute Gasteiger partial charge is 0.387 e. The van der Waals surface area contributed by atoms with Gasteiger partial charge in [-0.05, 0) is 6.07 Å². The van der Waals surface area contributed by atoms with Gasteiger partial charge in [0.1, 0.15) is 19.0 Å². The van der Waals surface area contributed by atoms with E-state index >= 15 is 0 Å². The molecule has 0 bridgehead atoms. The molecule has 6 nitrogen and oxygen atoms in total. The number of dihydropyridines is 1. The first-order chi connectivity index (χ1) is 12.5. The molecule has 0 saturated carbocycles. The Balaban J connectivity index is 0.00000261. The number of methoxy groups -OCH3 is 1. The molecule has 140 valence electrons. The number of carbonyl (C=O) groups is 2. The van der Waals surface area contributed by atoms with Gasteiger partial charge in [0, 0.05) is 6.99 Å². The highest BCUT2D eigenvalue weighted by molar-refractivity contribution is 6.01. The van der Waals surface area contributed by atoms with E-state index in [2.05, 4.69) is 10.1 Å². The summed E-state index contributed by atoms with van der Waals surface area (Å²) in [5.74, 6) is -3.02. The van der Waals surface area contributed by atoms with Gasteiger partial charge in [-0.2, -0.15) is 8.78 Å². The maximum Gasteiger partial charge on any atom is 0.387 e. The molecule has 1 atom stereocenters. The number of hydrogen-bond acceptors (Lipinski definition) is 6. The van der Waals surface area contributed by atoms with Crippen molar-refractivity contribution in [2.24, 2.45) is 0 Å². The zero-order valence-electron chi connectivity index (χ0n) is 13.6. The van der Waals surface area contributed by atoms with E-state index in [9.17, 15) is 22.8 Å². The molecule has 0 aliphatic carbocycles. The Kier molecular flexibility index (Phi) is 4.88. The fourth-order valence-electron chi connectivity index (χ4n) is 3.07. The molecule has 0 saturated heterocycles. The van der Waals surface area contributed by atoms with E-state index in [-0.39, 0.29) is 41.9 Å². The average molecular weight is 371 g/mol. The molecule has 1 aromatic carbocycles. The standard InChI is InChI=1S/C17H14F3NO5.H2/c1-24-15(22)13-9(6-18)21-10-7-25-16(23)14(10)12(13)8-4-2-3-5-11(8)26-17(19)20;/h2-5,12,17,21H,6-7H2,1H3;1H/t12-;/m0./s1. The number of allylic oxidation sites excluding steroid dienone is 1. The van der Waals surface area contributed by atoms with Crippen molar-refractivity contribution in [3.63, 3.8) is 0 Å². The molecule has 0 radical (unpaired) electrons. The molecule has 2 aliphatic rings. The van der Waals surface area contributed by atoms with Crippen molar-refractivity contribution in [2.75, 3.05) is 20.4 Å². The van der Waals surface area contributed by atoms with Crippen LogP contribution in [-0.2, 0) is 19.1 Å². The summed E-state index contributed by atoms with van der Waals surface area (Å²) in [5, 5.41) is 2.67. The van der Waals surface area contributed by atoms with Crippen LogP contribution in [0.1, 0.15) is 12.9 Å². The van der Waals surface area contributed by atoms with Gasteiger partial charge in [0.05, 0.1) is 35.6 Å². The molecule has 1 N–H and O–H groups in total. The average Bonchev–Trinajstić information content (AvgIpc) is 3.00. The van der Waals surface area contributed by atoms with Crippen LogP contribution in [0.15, 0.2) is 46.8 Å². The Morgan fingerprint density at radius 2 is 2.15 bits per heavy atom. The lowest BCUT2D eigenvalue weighted by molar-refractivity contribution is -0.136. The number of cyclic esters (lactones) is 1. The van der Waals surface area contributed by atoms with Crippen molar-refractivity contribution in [3.05, 3.63) is 52.4 Å². The molecule has 3 rings (SSSR count). The van der Waals surface area contributed by atoms with E-state index in [1.165, 1.54) is 24.3 Å². The summed E-state index contributed by atoms with van der Waals surface area (Å²) in [6.07, 6.45) is 0. The lowest BCUT2D eigenvalue weighted by atomic mass is 9.80. The van der Waals surface area contributed by atoms with Crippen LogP contribution in [0.2, 0.25) is 0 Å². The number of halogens is 3. The Morgan fingerprint density at radius 3 is 2.81 bits per heavy atom. The first kappa shape index (κ1) is 17.8. The third kappa shape index (κ3) is 3.00. The molecule has 0 aromatic heterocycles. The molecule has 0 unspecified atom stereocenters. The van der Waals surface area contributed by atoms with E-state index < -0.39 is 31.1 Å². The van der Waals surface area contributed by atoms with Crippen LogP contribution in [0.4, 0.5) is 13.2 Å². The summed E-state index contributed by atoms with van der Waals surface area (Å²) >= 11 is 0. The van der Waals surface area contributed by atoms with Crippen LogP contribution in [0.25, 0.3) is 0 Å². The fourth-order valence-corrected chi connectivity index (χ4v) is 3.07. The monoisotopic (exact) mass is 371 g/mol. The van der Waals surface area contributed by atoms with Crippen molar-refractivity contribution >= 4 is 11.9 Å². The highest BCUT2D eigenvalue weighted by Gasteiger charge is 2.43. The van der Waals surface area contributed by atoms with Gasteiger partial charge >= 0.3 is 18.6 Å². The van der Waals surface area contributed by atoms with Gasteiger partial charge in [-0.3, -0.25) is 0 Å². The highest BCUT2D eigenvalue weighted by atomic mass is 19.3. The minimum atomic E-state index is -3.12. The topological polar surface area (TPSA) is 73.9 Å². The van der Waals surface area contributed by atoms with Crippen molar-refractivity contribution in [3.8, 4) is 5.75 Å². The SMILES string of the molecule is COC(=O)C1=C(CF)NC2=C(C(=O)OC2)[C@H]1c1ccccc1OC(F)F.[HH]. The summed E-state index contributed by atoms with van der Waals surface area (Å²) in [6, 6.07) is 5.68. The van der Waals surface area contributed by atoms with Crippen molar-refractivity contribution < 1.29 is 38.4 Å². The fraction of sp³-hybridized carbons (Fsp3) is 0.294. The van der Waals surface area contributed by atoms with E-state index in [0.717, 1.165) is 7.11 Å². The summed E-state index contributed by atoms with van der Waals surface area (Å²) in [7, 11) is 1.10. The largest absolute Gasteiger partial charge is 0.466 e. The van der Waals surface area contributed by atoms with Crippen LogP contribution >= 0.6 is 0 Å². The van der Waals surface area contributed by atoms with Gasteiger partial charge in [0.2, 0.25) is 0 Å². The first-order valence-corrected chi connectivity index (χ1v) is 7.56. The number of rotatable bonds is 5. The maximum atomic E-state index is 13.6. The third-order valence-electron chi connectivity index (χ3n) is 4.08. The number of nitrogens with one attached hydrogen (secondary N) is 1. The van der Waals surface area contributed by atoms with E-state index in [4.69, 9.17) is 9.47 Å². The van der Waals surface area contributed by atoms with Crippen LogP contribution in [0.5, 0.6) is 5.75 Å². The Hall–Kier alpha value is -2.97. The summed E-state index contributed by atoms with van der Waals surface area (Å²) < 4.78 is 53.3. The number of carbonyl (C=O) groups excluding carboxylic acids is 2. The molecule has 0 amide bonds. The Labute approximate surface area is 147 Å². The third-order valence-corrected chi connectivity index (χ3v) is 4.08. The predicted molar refractivity (Wildman–Crippen MR) is 84.1 cm³/mol. The predicted octanol–water partition coefficient (Wildman–Crippen LogP) is 2.43. The Morgan fingerprint density at radius 1 is 1.42 bits per heavy atom. The first-order valence-electron chi connectivity index (χ1n) is 7.56. The molecule has 26 heavy (non-hydrogen) atoms. The second kappa shape index (κ2) is 7.11. The molecule has 1 aromatic rings. The van der Waals surface area contributed by atoms with Crippen molar-refractivity contribution in [1.82, 2.24) is 5.32 Å². The molecular formula is C17H16F3NO5. The normalized spacial score (nSPS) is 19.3. The van der Waals surface area contributed by atoms with Gasteiger partial charge in [-0.15, -0.1) is 0 Å². The second-order valence-electron chi connectivity index (χ2n) is 5.46. The zero-order chi connectivity index (χ0) is 18.8. The molecule has 9 heteroatoms. The summed E-state index contributed by atoms with van der Waals surface area (Å²) in [5.41, 5.74) is 0.0933. The zero-order valence-corrected chi connectivity index (χ0v) is 13.6. The van der Waals surface area contributed by atoms with Crippen molar-refractivity contribution in [2.45, 2.75) is 12.5 Å². The summed E-state index contributed by atoms with van der Waals surface area (Å²) in [6.45, 7) is -4.31. The molecule has 0 fully saturated rings. The van der Waals surface area contributed by atoms with Gasteiger partial charge in [0.15, 0.2) is 0 Å². The van der Waals surface area contributed by atoms with Gasteiger partial charge < -0.3 is 19.5 Å². The summed E-state index contributed by atoms with van der Waals surface area (Å²) in [4.78, 5) is 24.5. The van der Waals surface area contributed by atoms with Crippen LogP contribution < -0.4 is 10.1 Å². The van der Waals surface area contributed by atoms with E-state index in [1.54, 1.807) is 0 Å². The van der Waals surface area contributed by atoms with Crippen LogP contribution in [-0.4, -0.2) is 38.9 Å². The second-order valence-corrected chi connectivity index (χ2v) is 5.46. The van der Waals surface area contributed by atoms with Gasteiger partial charge in [-0.25, -0.2) is 14.0 Å². The lowest BCUT2D eigenvalue weighted by Crippen LogP contribution is -2.32. The molecule has 2 aliphatic heterocycles. The van der Waals surface area contributed by atoms with Crippen LogP contribution in [0.3, 0.4) is 0 Å². The molecular weight excluding hydrogens is 355 g/mol. The quantitative estimate of drug-likeness (QED) is 0.802. The number of alkyl halides is 3. The van der Waals surface area contributed by atoms with Gasteiger partial charge in [0.25, 0.3) is 0 Å². The Bertz CT molecular complexity index is 825. The number of para-hydroxylation sites is 1. The van der Waals surface area contributed by atoms with E-state index in [0.29, 0.717) is 0 Å². The maximum absolute atomic E-state index is 13.6. The minimum Gasteiger partial charge on any atom is -0.466 e. The molecule has 2 heterocycles. The lowest BCUT2D eigenvalue weighted by Gasteiger charge is -2.28. The van der Waals surface area contributed by atoms with Gasteiger partial charge in [-0.1, -0.05) is 18.2 Å². The number of esters is 2. The number of benzene rings is 1. The van der Waals surface area contributed by atoms with Crippen molar-refractivity contribution in [1.29, 1.82) is 0 Å². The minimum absolute atomic E-state index is 0. The molecule has 0 spiro atoms. The van der Waals surface area contributed by atoms with Crippen LogP contribution in [0, 0.1) is 0 Å². The number of ether oxygens (including phenoxy) is 3. The van der Waals surface area contributed by atoms with E-state index in [1.807, 2.05) is 0 Å². The highest BCUT2D eigenvalue weighted by Crippen LogP contribution is 2.44. The number of hydrogen-bond donors (Lipinski definition) is 1.